The van der Waals surface area contributed by atoms with Crippen molar-refractivity contribution in [3.63, 3.8) is 0 Å². The number of ether oxygens (including phenoxy) is 4. The molecule has 0 saturated carbocycles. The van der Waals surface area contributed by atoms with Crippen LogP contribution in [-0.2, 0) is 23.8 Å². The molecule has 0 unspecified atom stereocenters. The van der Waals surface area contributed by atoms with Crippen LogP contribution in [0.3, 0.4) is 0 Å². The molecule has 5 aliphatic heterocycles. The molecule has 1 aliphatic carbocycles. The minimum Gasteiger partial charge on any atom is -0.507 e. The second-order valence-corrected chi connectivity index (χ2v) is 19.2. The van der Waals surface area contributed by atoms with Crippen molar-refractivity contribution in [3.05, 3.63) is 69.6 Å². The number of carbonyl (C=O) groups excluding carboxylic acids is 3. The molecule has 5 bridgehead atoms. The normalized spacial score (nSPS) is 29.2. The zero-order valence-corrected chi connectivity index (χ0v) is 41.0. The van der Waals surface area contributed by atoms with Crippen LogP contribution in [0.5, 0.6) is 17.2 Å². The molecule has 1 amide bonds. The van der Waals surface area contributed by atoms with E-state index in [-0.39, 0.29) is 67.2 Å². The van der Waals surface area contributed by atoms with Gasteiger partial charge in [-0.2, -0.15) is 0 Å². The van der Waals surface area contributed by atoms with Gasteiger partial charge in [-0.3, -0.25) is 19.2 Å². The lowest BCUT2D eigenvalue weighted by molar-refractivity contribution is -0.160. The first-order valence-electron chi connectivity index (χ1n) is 23.8. The van der Waals surface area contributed by atoms with Crippen LogP contribution in [0.4, 0.5) is 11.4 Å². The number of phenols is 2. The van der Waals surface area contributed by atoms with Crippen molar-refractivity contribution < 1.29 is 58.2 Å². The monoisotopic (exact) mass is 954 g/mol. The third kappa shape index (κ3) is 9.79. The molecule has 9 atom stereocenters. The van der Waals surface area contributed by atoms with Crippen molar-refractivity contribution >= 4 is 50.9 Å². The zero-order chi connectivity index (χ0) is 50.2. The fraction of sp³-hybridized carbons (Fsp3) is 0.519. The molecule has 69 heavy (non-hydrogen) atoms. The number of aromatic nitrogens is 1. The van der Waals surface area contributed by atoms with E-state index in [4.69, 9.17) is 28.3 Å². The zero-order valence-electron chi connectivity index (χ0n) is 41.0. The highest BCUT2D eigenvalue weighted by molar-refractivity contribution is 6.22. The minimum absolute atomic E-state index is 0.00197. The van der Waals surface area contributed by atoms with Gasteiger partial charge >= 0.3 is 11.8 Å². The summed E-state index contributed by atoms with van der Waals surface area (Å²) in [7, 11) is 1.44. The predicted octanol–water partition coefficient (Wildman–Crippen LogP) is 6.87. The topological polar surface area (TPSA) is 239 Å². The number of carbonyl (C=O) groups is 3. The molecule has 2 aromatic carbocycles. The van der Waals surface area contributed by atoms with Crippen molar-refractivity contribution in [1.29, 1.82) is 0 Å². The highest BCUT2D eigenvalue weighted by Gasteiger charge is 2.50. The number of aliphatic hydroxyl groups excluding tert-OH is 2. The summed E-state index contributed by atoms with van der Waals surface area (Å²) in [5, 5.41) is 52.3. The number of piperidine rings is 1. The molecule has 0 radical (unpaired) electrons. The van der Waals surface area contributed by atoms with E-state index in [1.54, 1.807) is 52.0 Å². The number of nitrogens with one attached hydrogen (secondary N) is 2. The number of hydrogen-bond acceptors (Lipinski definition) is 16. The summed E-state index contributed by atoms with van der Waals surface area (Å²) >= 11 is 0. The molecular weight excluding hydrogens is 889 g/mol. The van der Waals surface area contributed by atoms with Gasteiger partial charge in [0, 0.05) is 92.1 Å². The Morgan fingerprint density at radius 3 is 2.38 bits per heavy atom. The summed E-state index contributed by atoms with van der Waals surface area (Å²) in [5.41, 5.74) is -0.604. The van der Waals surface area contributed by atoms with Crippen LogP contribution in [0.2, 0.25) is 0 Å². The number of phenolic OH excluding ortho intramolecular Hbond substituents is 2. The van der Waals surface area contributed by atoms with Crippen molar-refractivity contribution in [2.75, 3.05) is 43.5 Å². The molecule has 6 aliphatic rings. The van der Waals surface area contributed by atoms with Gasteiger partial charge in [0.2, 0.25) is 5.43 Å². The van der Waals surface area contributed by atoms with Crippen LogP contribution in [-0.4, -0.2) is 107 Å². The van der Waals surface area contributed by atoms with Crippen molar-refractivity contribution in [2.24, 2.45) is 29.6 Å². The maximum absolute atomic E-state index is 14.9. The Kier molecular flexibility index (Phi) is 15.1. The number of aromatic hydroxyl groups is 2. The van der Waals surface area contributed by atoms with Crippen molar-refractivity contribution in [1.82, 2.24) is 10.3 Å². The maximum Gasteiger partial charge on any atom is 0.312 e. The fourth-order valence-electron chi connectivity index (χ4n) is 9.94. The molecule has 372 valence electrons. The summed E-state index contributed by atoms with van der Waals surface area (Å²) in [6, 6.07) is 3.31. The Balaban J connectivity index is 1.41. The number of nitrogens with zero attached hydrogens (tertiary/aromatic N) is 2. The summed E-state index contributed by atoms with van der Waals surface area (Å²) in [5.74, 6) is -7.30. The summed E-state index contributed by atoms with van der Waals surface area (Å²) < 4.78 is 30.5. The first kappa shape index (κ1) is 50.9. The number of ketones is 1. The maximum atomic E-state index is 14.9. The number of hydrogen-bond donors (Lipinski definition) is 6. The number of allylic oxidation sites excluding steroid dienone is 2. The molecule has 1 saturated heterocycles. The van der Waals surface area contributed by atoms with Crippen LogP contribution in [0.1, 0.15) is 90.6 Å². The second kappa shape index (κ2) is 20.5. The standard InChI is InChI=1S/C52H66N4O13/c1-11-18-53-24-32-15-19-56(20-16-32)33-22-34(58)40-36(23-33)68-49-41(54-40)37-38-45(61)30(7)48-39(37)50(63)52(9,69-48)66-21-17-35(65-10)27(4)47(67-31(8)57)29(6)44(60)28(5)43(59)25(2)13-12-14-26(3)51(64)55-42(49)46(38)62/h12-14,17,21-23,25,27-29,32,35,43-44,47,53,58-61H,11,15-16,18-20,24H2,1-10H3,(H,55,64)/b13-12+,21-17+,26-14-/t25-,27+,28+,29+,35-,43-,44+,47+,52-/m0/s1. The summed E-state index contributed by atoms with van der Waals surface area (Å²) in [6.07, 6.45) is 6.41. The third-order valence-corrected chi connectivity index (χ3v) is 14.2. The molecule has 0 spiro atoms. The first-order valence-corrected chi connectivity index (χ1v) is 23.8. The lowest BCUT2D eigenvalue weighted by Crippen LogP contribution is -2.46. The largest absolute Gasteiger partial charge is 0.507 e. The number of benzene rings is 3. The average molecular weight is 955 g/mol. The predicted molar refractivity (Wildman–Crippen MR) is 261 cm³/mol. The SMILES string of the molecule is CCCNCC1CCN(c2cc(O)c3nc4c5c6c7c(C)c(O)c5c(=O)c(c-4oc3c2)NC(=O)/C(C)=C\C=C\[C@H](C)[C@H](O)[C@@H](C)[C@@H](O)[C@@H](C)[C@H](OC(C)=O)[C@H](C)[C@@H](OC)/C=C/O[C@@](C)(O7)C6=O)CC1. The average Bonchev–Trinajstić information content (AvgIpc) is 3.59. The van der Waals surface area contributed by atoms with E-state index in [0.29, 0.717) is 11.6 Å². The molecule has 1 fully saturated rings. The lowest BCUT2D eigenvalue weighted by atomic mass is 9.78. The number of aliphatic hydroxyl groups is 2. The molecule has 17 nitrogen and oxygen atoms in total. The van der Waals surface area contributed by atoms with E-state index in [1.165, 1.54) is 53.2 Å². The Morgan fingerprint density at radius 2 is 1.71 bits per heavy atom. The van der Waals surface area contributed by atoms with Gasteiger partial charge in [-0.25, -0.2) is 4.98 Å². The van der Waals surface area contributed by atoms with Gasteiger partial charge in [0.15, 0.2) is 11.3 Å². The molecule has 6 N–H and O–H groups in total. The van der Waals surface area contributed by atoms with Gasteiger partial charge in [0.25, 0.3) is 11.7 Å². The van der Waals surface area contributed by atoms with Crippen LogP contribution < -0.4 is 25.7 Å². The third-order valence-electron chi connectivity index (χ3n) is 14.2. The van der Waals surface area contributed by atoms with Gasteiger partial charge in [0.1, 0.15) is 40.3 Å². The van der Waals surface area contributed by atoms with Crippen molar-refractivity contribution in [2.45, 2.75) is 112 Å². The number of esters is 1. The number of rotatable bonds is 7. The Bertz CT molecular complexity index is 2740. The second-order valence-electron chi connectivity index (χ2n) is 19.2. The molecule has 5 heterocycles. The summed E-state index contributed by atoms with van der Waals surface area (Å²) in [4.78, 5) is 63.2. The Morgan fingerprint density at radius 1 is 1.00 bits per heavy atom. The molecule has 2 aromatic rings. The minimum atomic E-state index is -2.08. The van der Waals surface area contributed by atoms with E-state index in [1.807, 2.05) is 0 Å². The molecular formula is C52H66N4O13. The fourth-order valence-corrected chi connectivity index (χ4v) is 9.94. The van der Waals surface area contributed by atoms with Gasteiger partial charge in [-0.05, 0) is 58.2 Å². The number of methoxy groups -OCH3 is 1. The van der Waals surface area contributed by atoms with E-state index in [2.05, 4.69) is 22.5 Å². The highest BCUT2D eigenvalue weighted by atomic mass is 16.7. The van der Waals surface area contributed by atoms with Crippen molar-refractivity contribution in [3.8, 4) is 28.7 Å². The van der Waals surface area contributed by atoms with E-state index in [0.717, 1.165) is 45.4 Å². The molecule has 17 heteroatoms. The Hall–Kier alpha value is -6.01. The van der Waals surface area contributed by atoms with E-state index >= 15 is 0 Å². The Labute approximate surface area is 401 Å². The van der Waals surface area contributed by atoms with Gasteiger partial charge in [-0.15, -0.1) is 0 Å². The number of fused-ring (bicyclic) bond motifs is 14. The smallest absolute Gasteiger partial charge is 0.312 e. The molecule has 0 aromatic heterocycles. The van der Waals surface area contributed by atoms with E-state index in [9.17, 15) is 39.6 Å². The van der Waals surface area contributed by atoms with Gasteiger partial charge < -0.3 is 59.3 Å². The van der Waals surface area contributed by atoms with Crippen LogP contribution in [0, 0.1) is 36.5 Å². The number of anilines is 2. The quantitative estimate of drug-likeness (QED) is 0.0479. The molecule has 8 rings (SSSR count). The van der Waals surface area contributed by atoms with Crippen LogP contribution in [0.25, 0.3) is 33.3 Å². The number of amides is 1. The van der Waals surface area contributed by atoms with E-state index < -0.39 is 82.7 Å². The summed E-state index contributed by atoms with van der Waals surface area (Å²) in [6.45, 7) is 18.0. The van der Waals surface area contributed by atoms with Crippen LogP contribution >= 0.6 is 0 Å². The number of Topliss-reactive ketones (excluding diaryl/α,β-unsaturated/α-hetero) is 1. The van der Waals surface area contributed by atoms with Gasteiger partial charge in [-0.1, -0.05) is 52.8 Å². The lowest BCUT2D eigenvalue weighted by Gasteiger charge is -2.38. The van der Waals surface area contributed by atoms with Gasteiger partial charge in [0.05, 0.1) is 35.5 Å². The first-order chi connectivity index (χ1) is 32.7. The van der Waals surface area contributed by atoms with Crippen LogP contribution in [0.15, 0.2) is 57.5 Å². The highest BCUT2D eigenvalue weighted by Crippen LogP contribution is 2.51.